The predicted octanol–water partition coefficient (Wildman–Crippen LogP) is 1.77. The van der Waals surface area contributed by atoms with E-state index in [1.54, 1.807) is 0 Å². The van der Waals surface area contributed by atoms with E-state index in [2.05, 4.69) is 15.4 Å². The second-order valence-electron chi connectivity index (χ2n) is 5.86. The number of ether oxygens (including phenoxy) is 1. The molecule has 1 aliphatic rings. The molecule has 1 aromatic heterocycles. The number of aryl methyl sites for hydroxylation is 1. The summed E-state index contributed by atoms with van der Waals surface area (Å²) in [7, 11) is 0. The second kappa shape index (κ2) is 6.07. The number of carbonyl (C=O) groups is 1. The topological polar surface area (TPSA) is 68.5 Å². The molecule has 0 aliphatic carbocycles. The van der Waals surface area contributed by atoms with Crippen molar-refractivity contribution >= 4 is 12.3 Å². The number of aliphatic imine (C=N–C) groups is 1. The molecule has 1 aliphatic heterocycles. The van der Waals surface area contributed by atoms with Gasteiger partial charge in [-0.2, -0.15) is 5.10 Å². The van der Waals surface area contributed by atoms with Crippen LogP contribution in [0.2, 0.25) is 0 Å². The number of hydrogen-bond acceptors (Lipinski definition) is 4. The number of amides is 1. The lowest BCUT2D eigenvalue weighted by atomic mass is 10.2. The van der Waals surface area contributed by atoms with Crippen molar-refractivity contribution in [3.8, 4) is 0 Å². The summed E-state index contributed by atoms with van der Waals surface area (Å²) in [6, 6.07) is 0. The second-order valence-corrected chi connectivity index (χ2v) is 5.86. The average Bonchev–Trinajstić information content (AvgIpc) is 2.75. The molecule has 2 rings (SSSR count). The van der Waals surface area contributed by atoms with Gasteiger partial charge in [-0.3, -0.25) is 9.67 Å². The molecule has 20 heavy (non-hydrogen) atoms. The van der Waals surface area contributed by atoms with Gasteiger partial charge in [0.05, 0.1) is 5.69 Å². The number of aromatic nitrogens is 2. The van der Waals surface area contributed by atoms with Crippen molar-refractivity contribution in [1.29, 1.82) is 0 Å². The maximum atomic E-state index is 11.5. The van der Waals surface area contributed by atoms with Crippen LogP contribution >= 0.6 is 0 Å². The number of fused-ring (bicyclic) bond motifs is 1. The van der Waals surface area contributed by atoms with Gasteiger partial charge in [-0.15, -0.1) is 0 Å². The van der Waals surface area contributed by atoms with Gasteiger partial charge in [-0.05, 0) is 27.2 Å². The summed E-state index contributed by atoms with van der Waals surface area (Å²) in [6.45, 7) is 7.72. The van der Waals surface area contributed by atoms with Gasteiger partial charge < -0.3 is 10.1 Å². The van der Waals surface area contributed by atoms with Gasteiger partial charge in [0.25, 0.3) is 0 Å². The van der Waals surface area contributed by atoms with Crippen LogP contribution in [-0.2, 0) is 17.7 Å². The third kappa shape index (κ3) is 4.36. The van der Waals surface area contributed by atoms with Crippen molar-refractivity contribution in [2.75, 3.05) is 13.1 Å². The number of hydrogen-bond donors (Lipinski definition) is 1. The SMILES string of the molecule is CC(C)(C)OC(=O)NCCCn1cc2c(n1)CCN=C2. The van der Waals surface area contributed by atoms with Crippen LogP contribution < -0.4 is 5.32 Å². The fraction of sp³-hybridized carbons (Fsp3) is 0.643. The summed E-state index contributed by atoms with van der Waals surface area (Å²) in [6.07, 6.45) is 5.24. The lowest BCUT2D eigenvalue weighted by molar-refractivity contribution is 0.0526. The molecule has 0 saturated carbocycles. The normalized spacial score (nSPS) is 13.9. The Hall–Kier alpha value is -1.85. The van der Waals surface area contributed by atoms with E-state index in [1.165, 1.54) is 0 Å². The first-order valence-electron chi connectivity index (χ1n) is 6.97. The van der Waals surface area contributed by atoms with Gasteiger partial charge in [-0.25, -0.2) is 4.79 Å². The Morgan fingerprint density at radius 2 is 2.30 bits per heavy atom. The summed E-state index contributed by atoms with van der Waals surface area (Å²) in [5.41, 5.74) is 1.77. The van der Waals surface area contributed by atoms with Gasteiger partial charge in [0.1, 0.15) is 5.60 Å². The number of nitrogens with one attached hydrogen (secondary N) is 1. The predicted molar refractivity (Wildman–Crippen MR) is 77.2 cm³/mol. The smallest absolute Gasteiger partial charge is 0.407 e. The minimum absolute atomic E-state index is 0.371. The number of carbonyl (C=O) groups excluding carboxylic acids is 1. The summed E-state index contributed by atoms with van der Waals surface area (Å²) >= 11 is 0. The summed E-state index contributed by atoms with van der Waals surface area (Å²) in [4.78, 5) is 15.7. The van der Waals surface area contributed by atoms with Gasteiger partial charge in [-0.1, -0.05) is 0 Å². The van der Waals surface area contributed by atoms with E-state index in [1.807, 2.05) is 37.9 Å². The minimum Gasteiger partial charge on any atom is -0.444 e. The van der Waals surface area contributed by atoms with Crippen LogP contribution in [0.15, 0.2) is 11.2 Å². The lowest BCUT2D eigenvalue weighted by Gasteiger charge is -2.19. The van der Waals surface area contributed by atoms with Crippen LogP contribution in [0.3, 0.4) is 0 Å². The quantitative estimate of drug-likeness (QED) is 0.853. The van der Waals surface area contributed by atoms with Crippen LogP contribution in [-0.4, -0.2) is 40.8 Å². The molecule has 0 unspecified atom stereocenters. The Balaban J connectivity index is 1.70. The molecule has 6 nitrogen and oxygen atoms in total. The Morgan fingerprint density at radius 1 is 1.50 bits per heavy atom. The highest BCUT2D eigenvalue weighted by Gasteiger charge is 2.15. The van der Waals surface area contributed by atoms with Crippen molar-refractivity contribution < 1.29 is 9.53 Å². The Labute approximate surface area is 119 Å². The fourth-order valence-corrected chi connectivity index (χ4v) is 1.97. The van der Waals surface area contributed by atoms with Gasteiger partial charge >= 0.3 is 6.09 Å². The zero-order chi connectivity index (χ0) is 14.6. The first-order chi connectivity index (χ1) is 9.44. The van der Waals surface area contributed by atoms with Crippen LogP contribution in [0.4, 0.5) is 4.79 Å². The van der Waals surface area contributed by atoms with Crippen molar-refractivity contribution in [2.24, 2.45) is 4.99 Å². The first kappa shape index (κ1) is 14.6. The third-order valence-electron chi connectivity index (χ3n) is 2.81. The molecule has 0 radical (unpaired) electrons. The van der Waals surface area contributed by atoms with Crippen molar-refractivity contribution in [1.82, 2.24) is 15.1 Å². The molecular formula is C14H22N4O2. The largest absolute Gasteiger partial charge is 0.444 e. The summed E-state index contributed by atoms with van der Waals surface area (Å²) < 4.78 is 7.08. The molecule has 2 heterocycles. The van der Waals surface area contributed by atoms with E-state index in [9.17, 15) is 4.79 Å². The fourth-order valence-electron chi connectivity index (χ4n) is 1.97. The standard InChI is InChI=1S/C14H22N4O2/c1-14(2,3)20-13(19)16-6-4-8-18-10-11-9-15-7-5-12(11)17-18/h9-10H,4-8H2,1-3H3,(H,16,19). The van der Waals surface area contributed by atoms with Gasteiger partial charge in [0, 0.05) is 44.0 Å². The summed E-state index contributed by atoms with van der Waals surface area (Å²) in [5.74, 6) is 0. The Bertz CT molecular complexity index is 500. The zero-order valence-corrected chi connectivity index (χ0v) is 12.3. The molecule has 110 valence electrons. The monoisotopic (exact) mass is 278 g/mol. The van der Waals surface area contributed by atoms with Gasteiger partial charge in [0.15, 0.2) is 0 Å². The molecule has 0 atom stereocenters. The molecule has 0 bridgehead atoms. The van der Waals surface area contributed by atoms with E-state index in [4.69, 9.17) is 4.74 Å². The molecule has 0 spiro atoms. The maximum Gasteiger partial charge on any atom is 0.407 e. The van der Waals surface area contributed by atoms with Crippen molar-refractivity contribution in [2.45, 2.75) is 45.8 Å². The minimum atomic E-state index is -0.454. The molecular weight excluding hydrogens is 256 g/mol. The van der Waals surface area contributed by atoms with Crippen LogP contribution in [0, 0.1) is 0 Å². The molecule has 0 aromatic carbocycles. The molecule has 1 amide bonds. The Morgan fingerprint density at radius 3 is 3.00 bits per heavy atom. The van der Waals surface area contributed by atoms with Crippen LogP contribution in [0.1, 0.15) is 38.4 Å². The highest BCUT2D eigenvalue weighted by molar-refractivity contribution is 5.81. The summed E-state index contributed by atoms with van der Waals surface area (Å²) in [5, 5.41) is 7.25. The lowest BCUT2D eigenvalue weighted by Crippen LogP contribution is -2.33. The molecule has 0 saturated heterocycles. The number of rotatable bonds is 4. The molecule has 1 N–H and O–H groups in total. The molecule has 0 fully saturated rings. The number of nitrogens with zero attached hydrogens (tertiary/aromatic N) is 3. The van der Waals surface area contributed by atoms with Crippen molar-refractivity contribution in [3.05, 3.63) is 17.5 Å². The molecule has 1 aromatic rings. The van der Waals surface area contributed by atoms with E-state index >= 15 is 0 Å². The molecule has 6 heteroatoms. The van der Waals surface area contributed by atoms with E-state index in [0.29, 0.717) is 6.54 Å². The van der Waals surface area contributed by atoms with Crippen LogP contribution in [0.25, 0.3) is 0 Å². The third-order valence-corrected chi connectivity index (χ3v) is 2.81. The van der Waals surface area contributed by atoms with Crippen molar-refractivity contribution in [3.63, 3.8) is 0 Å². The Kier molecular flexibility index (Phi) is 4.42. The maximum absolute atomic E-state index is 11.5. The van der Waals surface area contributed by atoms with E-state index in [-0.39, 0.29) is 6.09 Å². The highest BCUT2D eigenvalue weighted by atomic mass is 16.6. The number of alkyl carbamates (subject to hydrolysis) is 1. The van der Waals surface area contributed by atoms with E-state index in [0.717, 1.165) is 37.2 Å². The highest BCUT2D eigenvalue weighted by Crippen LogP contribution is 2.10. The van der Waals surface area contributed by atoms with Crippen LogP contribution in [0.5, 0.6) is 0 Å². The van der Waals surface area contributed by atoms with E-state index < -0.39 is 5.60 Å². The zero-order valence-electron chi connectivity index (χ0n) is 12.3. The van der Waals surface area contributed by atoms with Gasteiger partial charge in [0.2, 0.25) is 0 Å². The average molecular weight is 278 g/mol. The first-order valence-corrected chi connectivity index (χ1v) is 6.97.